The number of rotatable bonds is 3. The van der Waals surface area contributed by atoms with E-state index in [2.05, 4.69) is 59.6 Å². The van der Waals surface area contributed by atoms with Crippen molar-refractivity contribution in [2.45, 2.75) is 13.3 Å². The minimum atomic E-state index is 0.889. The minimum Gasteiger partial charge on any atom is -0.384 e. The van der Waals surface area contributed by atoms with Crippen LogP contribution in [0.2, 0.25) is 0 Å². The van der Waals surface area contributed by atoms with Crippen molar-refractivity contribution < 1.29 is 0 Å². The fourth-order valence-corrected chi connectivity index (χ4v) is 1.76. The highest BCUT2D eigenvalue weighted by Crippen LogP contribution is 2.22. The maximum Gasteiger partial charge on any atom is 0.0420 e. The molecule has 16 heavy (non-hydrogen) atoms. The molecule has 0 fully saturated rings. The van der Waals surface area contributed by atoms with Crippen molar-refractivity contribution in [3.05, 3.63) is 42.5 Å². The Morgan fingerprint density at radius 2 is 1.88 bits per heavy atom. The molecule has 1 N–H and O–H groups in total. The molecule has 1 nitrogen and oxygen atoms in total. The molecule has 0 heterocycles. The number of hydrogen-bond donors (Lipinski definition) is 1. The van der Waals surface area contributed by atoms with Gasteiger partial charge in [0.25, 0.3) is 0 Å². The first-order valence-electron chi connectivity index (χ1n) is 5.53. The van der Waals surface area contributed by atoms with Crippen LogP contribution in [0.3, 0.4) is 0 Å². The highest BCUT2D eigenvalue weighted by atomic mass is 14.9. The molecule has 0 unspecified atom stereocenters. The van der Waals surface area contributed by atoms with Crippen molar-refractivity contribution in [2.75, 3.05) is 11.9 Å². The lowest BCUT2D eigenvalue weighted by Gasteiger charge is -2.07. The molecule has 0 saturated carbocycles. The predicted octanol–water partition coefficient (Wildman–Crippen LogP) is 3.67. The second-order valence-electron chi connectivity index (χ2n) is 3.63. The highest BCUT2D eigenvalue weighted by molar-refractivity contribution is 5.93. The van der Waals surface area contributed by atoms with Gasteiger partial charge >= 0.3 is 0 Å². The molecule has 0 radical (unpaired) electrons. The van der Waals surface area contributed by atoms with Gasteiger partial charge in [-0.2, -0.15) is 0 Å². The highest BCUT2D eigenvalue weighted by Gasteiger charge is 1.97. The van der Waals surface area contributed by atoms with Gasteiger partial charge in [-0.05, 0) is 18.4 Å². The van der Waals surface area contributed by atoms with E-state index in [-0.39, 0.29) is 0 Å². The average Bonchev–Trinajstić information content (AvgIpc) is 2.35. The van der Waals surface area contributed by atoms with Crippen LogP contribution >= 0.6 is 0 Å². The Bertz CT molecular complexity index is 526. The molecule has 0 aliphatic carbocycles. The van der Waals surface area contributed by atoms with Crippen molar-refractivity contribution in [1.29, 1.82) is 0 Å². The molecule has 0 saturated heterocycles. The van der Waals surface area contributed by atoms with E-state index in [1.807, 2.05) is 6.92 Å². The Hall–Kier alpha value is -1.94. The van der Waals surface area contributed by atoms with E-state index in [0.717, 1.165) is 13.0 Å². The Morgan fingerprint density at radius 3 is 2.75 bits per heavy atom. The molecule has 2 rings (SSSR count). The average molecular weight is 209 g/mol. The molecule has 1 heteroatoms. The summed E-state index contributed by atoms with van der Waals surface area (Å²) in [7, 11) is 0. The number of anilines is 1. The zero-order valence-corrected chi connectivity index (χ0v) is 9.46. The molecule has 80 valence electrons. The predicted molar refractivity (Wildman–Crippen MR) is 70.5 cm³/mol. The van der Waals surface area contributed by atoms with Gasteiger partial charge in [0.1, 0.15) is 0 Å². The van der Waals surface area contributed by atoms with Gasteiger partial charge in [-0.15, -0.1) is 11.8 Å². The Kier molecular flexibility index (Phi) is 3.46. The summed E-state index contributed by atoms with van der Waals surface area (Å²) >= 11 is 0. The summed E-state index contributed by atoms with van der Waals surface area (Å²) in [5, 5.41) is 5.96. The molecule has 0 aromatic heterocycles. The third-order valence-electron chi connectivity index (χ3n) is 2.53. The topological polar surface area (TPSA) is 12.0 Å². The summed E-state index contributed by atoms with van der Waals surface area (Å²) in [5.74, 6) is 5.96. The van der Waals surface area contributed by atoms with Crippen LogP contribution in [0, 0.1) is 11.8 Å². The van der Waals surface area contributed by atoms with Gasteiger partial charge in [0.15, 0.2) is 0 Å². The molecular formula is C15H15N. The van der Waals surface area contributed by atoms with E-state index in [1.165, 1.54) is 16.5 Å². The monoisotopic (exact) mass is 209 g/mol. The first kappa shape index (κ1) is 10.6. The van der Waals surface area contributed by atoms with E-state index in [4.69, 9.17) is 0 Å². The maximum atomic E-state index is 3.42. The van der Waals surface area contributed by atoms with Crippen molar-refractivity contribution in [3.8, 4) is 11.8 Å². The van der Waals surface area contributed by atoms with Crippen LogP contribution in [0.1, 0.15) is 13.3 Å². The van der Waals surface area contributed by atoms with Gasteiger partial charge in [-0.1, -0.05) is 36.4 Å². The summed E-state index contributed by atoms with van der Waals surface area (Å²) < 4.78 is 0. The van der Waals surface area contributed by atoms with Crippen LogP contribution in [-0.2, 0) is 0 Å². The number of hydrogen-bond acceptors (Lipinski definition) is 1. The van der Waals surface area contributed by atoms with Crippen LogP contribution in [-0.4, -0.2) is 6.54 Å². The molecule has 0 aliphatic heterocycles. The van der Waals surface area contributed by atoms with Gasteiger partial charge < -0.3 is 5.32 Å². The molecule has 0 spiro atoms. The fraction of sp³-hybridized carbons (Fsp3) is 0.200. The first-order valence-corrected chi connectivity index (χ1v) is 5.53. The zero-order valence-electron chi connectivity index (χ0n) is 9.46. The lowest BCUT2D eigenvalue weighted by atomic mass is 10.1. The molecule has 0 amide bonds. The van der Waals surface area contributed by atoms with E-state index < -0.39 is 0 Å². The number of benzene rings is 2. The molecule has 0 aliphatic rings. The zero-order chi connectivity index (χ0) is 11.2. The second kappa shape index (κ2) is 5.23. The van der Waals surface area contributed by atoms with E-state index >= 15 is 0 Å². The smallest absolute Gasteiger partial charge is 0.0420 e. The van der Waals surface area contributed by atoms with Crippen molar-refractivity contribution in [2.24, 2.45) is 0 Å². The van der Waals surface area contributed by atoms with Gasteiger partial charge in [-0.3, -0.25) is 0 Å². The molecule has 0 atom stereocenters. The van der Waals surface area contributed by atoms with Crippen LogP contribution < -0.4 is 5.32 Å². The van der Waals surface area contributed by atoms with Crippen molar-refractivity contribution in [3.63, 3.8) is 0 Å². The van der Waals surface area contributed by atoms with Crippen LogP contribution in [0.15, 0.2) is 42.5 Å². The lowest BCUT2D eigenvalue weighted by Crippen LogP contribution is -2.00. The fourth-order valence-electron chi connectivity index (χ4n) is 1.76. The quantitative estimate of drug-likeness (QED) is 0.601. The van der Waals surface area contributed by atoms with Gasteiger partial charge in [0.05, 0.1) is 0 Å². The largest absolute Gasteiger partial charge is 0.384 e. The van der Waals surface area contributed by atoms with Gasteiger partial charge in [0, 0.05) is 24.0 Å². The molecular weight excluding hydrogens is 194 g/mol. The number of fused-ring (bicyclic) bond motifs is 1. The third-order valence-corrected chi connectivity index (χ3v) is 2.53. The Labute approximate surface area is 96.5 Å². The number of nitrogens with one attached hydrogen (secondary N) is 1. The van der Waals surface area contributed by atoms with Gasteiger partial charge in [0.2, 0.25) is 0 Å². The summed E-state index contributed by atoms with van der Waals surface area (Å²) in [4.78, 5) is 0. The normalized spacial score (nSPS) is 9.56. The van der Waals surface area contributed by atoms with E-state index in [9.17, 15) is 0 Å². The summed E-state index contributed by atoms with van der Waals surface area (Å²) in [6.45, 7) is 2.77. The standard InChI is InChI=1S/C15H15N/c1-2-3-6-12-16-15-11-7-9-13-8-4-5-10-14(13)15/h4-5,7-11,16H,6,12H2,1H3. The van der Waals surface area contributed by atoms with Gasteiger partial charge in [-0.25, -0.2) is 0 Å². The van der Waals surface area contributed by atoms with Crippen LogP contribution in [0.5, 0.6) is 0 Å². The Balaban J connectivity index is 2.19. The maximum absolute atomic E-state index is 3.42. The SMILES string of the molecule is CC#CCCNc1cccc2ccccc12. The Morgan fingerprint density at radius 1 is 1.06 bits per heavy atom. The third kappa shape index (κ3) is 2.35. The van der Waals surface area contributed by atoms with Crippen LogP contribution in [0.4, 0.5) is 5.69 Å². The summed E-state index contributed by atoms with van der Waals surface area (Å²) in [5.41, 5.74) is 1.19. The summed E-state index contributed by atoms with van der Waals surface area (Å²) in [6, 6.07) is 14.7. The minimum absolute atomic E-state index is 0.889. The second-order valence-corrected chi connectivity index (χ2v) is 3.63. The summed E-state index contributed by atoms with van der Waals surface area (Å²) in [6.07, 6.45) is 0.889. The van der Waals surface area contributed by atoms with E-state index in [0.29, 0.717) is 0 Å². The lowest BCUT2D eigenvalue weighted by molar-refractivity contribution is 1.10. The van der Waals surface area contributed by atoms with Crippen LogP contribution in [0.25, 0.3) is 10.8 Å². The molecule has 2 aromatic rings. The van der Waals surface area contributed by atoms with Crippen molar-refractivity contribution in [1.82, 2.24) is 0 Å². The van der Waals surface area contributed by atoms with Crippen molar-refractivity contribution >= 4 is 16.5 Å². The first-order chi connectivity index (χ1) is 7.92. The molecule has 2 aromatic carbocycles. The molecule has 0 bridgehead atoms. The van der Waals surface area contributed by atoms with E-state index in [1.54, 1.807) is 0 Å².